The van der Waals surface area contributed by atoms with Crippen LogP contribution in [0.15, 0.2) is 48.7 Å². The van der Waals surface area contributed by atoms with E-state index in [0.29, 0.717) is 6.54 Å². The third kappa shape index (κ3) is 2.78. The molecule has 2 heteroatoms. The van der Waals surface area contributed by atoms with Gasteiger partial charge in [-0.2, -0.15) is 4.57 Å². The zero-order valence-electron chi connectivity index (χ0n) is 10.2. The van der Waals surface area contributed by atoms with Gasteiger partial charge in [-0.3, -0.25) is 4.79 Å². The number of aryl methyl sites for hydroxylation is 2. The second kappa shape index (κ2) is 4.91. The predicted molar refractivity (Wildman–Crippen MR) is 66.9 cm³/mol. The number of benzene rings is 1. The van der Waals surface area contributed by atoms with Crippen molar-refractivity contribution in [1.82, 2.24) is 0 Å². The summed E-state index contributed by atoms with van der Waals surface area (Å²) in [5.74, 6) is 0.143. The Bertz CT molecular complexity index is 532. The highest BCUT2D eigenvalue weighted by atomic mass is 16.1. The van der Waals surface area contributed by atoms with E-state index in [9.17, 15) is 4.79 Å². The third-order valence-corrected chi connectivity index (χ3v) is 2.81. The molecule has 1 heterocycles. The molecule has 0 spiro atoms. The molecule has 0 atom stereocenters. The smallest absolute Gasteiger partial charge is 0.227 e. The molecule has 0 radical (unpaired) electrons. The summed E-state index contributed by atoms with van der Waals surface area (Å²) >= 11 is 0. The molecule has 2 nitrogen and oxygen atoms in total. The Morgan fingerprint density at radius 1 is 1.06 bits per heavy atom. The molecule has 0 bridgehead atoms. The lowest BCUT2D eigenvalue weighted by Gasteiger charge is -2.01. The fourth-order valence-electron chi connectivity index (χ4n) is 1.78. The summed E-state index contributed by atoms with van der Waals surface area (Å²) in [6, 6.07) is 13.5. The van der Waals surface area contributed by atoms with E-state index in [0.717, 1.165) is 16.8 Å². The molecule has 17 heavy (non-hydrogen) atoms. The predicted octanol–water partition coefficient (Wildman–Crippen LogP) is 2.47. The molecule has 1 aromatic heterocycles. The lowest BCUT2D eigenvalue weighted by molar-refractivity contribution is -0.689. The molecule has 0 N–H and O–H groups in total. The van der Waals surface area contributed by atoms with Gasteiger partial charge in [0.2, 0.25) is 12.3 Å². The van der Waals surface area contributed by atoms with Crippen LogP contribution in [0.1, 0.15) is 21.6 Å². The zero-order chi connectivity index (χ0) is 12.3. The summed E-state index contributed by atoms with van der Waals surface area (Å²) in [6.07, 6.45) is 2.01. The maximum Gasteiger partial charge on any atom is 0.227 e. The van der Waals surface area contributed by atoms with Crippen molar-refractivity contribution >= 4 is 5.78 Å². The van der Waals surface area contributed by atoms with Gasteiger partial charge in [0.25, 0.3) is 0 Å². The molecule has 2 rings (SSSR count). The van der Waals surface area contributed by atoms with Crippen LogP contribution in [0.5, 0.6) is 0 Å². The van der Waals surface area contributed by atoms with E-state index in [-0.39, 0.29) is 5.78 Å². The highest BCUT2D eigenvalue weighted by molar-refractivity contribution is 5.94. The number of hydrogen-bond acceptors (Lipinski definition) is 1. The fraction of sp³-hybridized carbons (Fsp3) is 0.200. The van der Waals surface area contributed by atoms with Gasteiger partial charge >= 0.3 is 0 Å². The summed E-state index contributed by atoms with van der Waals surface area (Å²) < 4.78 is 1.99. The van der Waals surface area contributed by atoms with Crippen LogP contribution < -0.4 is 4.57 Å². The van der Waals surface area contributed by atoms with Crippen molar-refractivity contribution in [2.45, 2.75) is 20.4 Å². The van der Waals surface area contributed by atoms with E-state index in [4.69, 9.17) is 0 Å². The number of hydrogen-bond donors (Lipinski definition) is 0. The van der Waals surface area contributed by atoms with Gasteiger partial charge in [-0.05, 0) is 13.0 Å². The maximum atomic E-state index is 12.1. The Hall–Kier alpha value is -1.96. The minimum absolute atomic E-state index is 0.143. The second-order valence-corrected chi connectivity index (χ2v) is 4.26. The van der Waals surface area contributed by atoms with E-state index in [1.165, 1.54) is 0 Å². The Morgan fingerprint density at radius 2 is 1.76 bits per heavy atom. The SMILES string of the molecule is Cc1ccc(C)[n+](CC(=O)c2ccccc2)c1. The number of carbonyl (C=O) groups is 1. The highest BCUT2D eigenvalue weighted by Gasteiger charge is 2.14. The van der Waals surface area contributed by atoms with Gasteiger partial charge in [0, 0.05) is 24.1 Å². The van der Waals surface area contributed by atoms with Gasteiger partial charge in [0.15, 0.2) is 11.9 Å². The monoisotopic (exact) mass is 226 g/mol. The summed E-state index contributed by atoms with van der Waals surface area (Å²) in [5, 5.41) is 0. The van der Waals surface area contributed by atoms with Crippen LogP contribution in [0.3, 0.4) is 0 Å². The van der Waals surface area contributed by atoms with Crippen LogP contribution in [0.4, 0.5) is 0 Å². The summed E-state index contributed by atoms with van der Waals surface area (Å²) in [4.78, 5) is 12.1. The van der Waals surface area contributed by atoms with Crippen molar-refractivity contribution in [2.75, 3.05) is 0 Å². The van der Waals surface area contributed by atoms with Crippen molar-refractivity contribution in [3.8, 4) is 0 Å². The van der Waals surface area contributed by atoms with Gasteiger partial charge in [-0.25, -0.2) is 0 Å². The van der Waals surface area contributed by atoms with Crippen molar-refractivity contribution < 1.29 is 9.36 Å². The molecule has 2 aromatic rings. The maximum absolute atomic E-state index is 12.1. The quantitative estimate of drug-likeness (QED) is 0.582. The van der Waals surface area contributed by atoms with Gasteiger partial charge in [0.05, 0.1) is 0 Å². The molecule has 0 aliphatic carbocycles. The molecular formula is C15H16NO+. The number of ketones is 1. The summed E-state index contributed by atoms with van der Waals surface area (Å²) in [7, 11) is 0. The van der Waals surface area contributed by atoms with E-state index >= 15 is 0 Å². The molecule has 86 valence electrons. The lowest BCUT2D eigenvalue weighted by Crippen LogP contribution is -2.40. The molecule has 0 fully saturated rings. The molecule has 1 aromatic carbocycles. The largest absolute Gasteiger partial charge is 0.287 e. The first-order valence-corrected chi connectivity index (χ1v) is 5.72. The number of Topliss-reactive ketones (excluding diaryl/α,β-unsaturated/α-hetero) is 1. The van der Waals surface area contributed by atoms with E-state index < -0.39 is 0 Å². The standard InChI is InChI=1S/C15H16NO/c1-12-8-9-13(2)16(10-12)11-15(17)14-6-4-3-5-7-14/h3-10H,11H2,1-2H3/q+1. The molecule has 0 unspecified atom stereocenters. The molecule has 0 aliphatic heterocycles. The van der Waals surface area contributed by atoms with Crippen molar-refractivity contribution in [3.05, 3.63) is 65.5 Å². The lowest BCUT2D eigenvalue weighted by atomic mass is 10.1. The molecular weight excluding hydrogens is 210 g/mol. The Morgan fingerprint density at radius 3 is 2.47 bits per heavy atom. The highest BCUT2D eigenvalue weighted by Crippen LogP contribution is 2.01. The van der Waals surface area contributed by atoms with Crippen LogP contribution >= 0.6 is 0 Å². The van der Waals surface area contributed by atoms with Gasteiger partial charge in [-0.1, -0.05) is 30.3 Å². The van der Waals surface area contributed by atoms with Gasteiger partial charge in [-0.15, -0.1) is 0 Å². The Balaban J connectivity index is 2.22. The molecule has 0 saturated heterocycles. The van der Waals surface area contributed by atoms with Crippen LogP contribution in [-0.2, 0) is 6.54 Å². The number of carbonyl (C=O) groups excluding carboxylic acids is 1. The summed E-state index contributed by atoms with van der Waals surface area (Å²) in [5.41, 5.74) is 3.03. The van der Waals surface area contributed by atoms with Crippen LogP contribution in [-0.4, -0.2) is 5.78 Å². The minimum Gasteiger partial charge on any atom is -0.287 e. The van der Waals surface area contributed by atoms with Crippen molar-refractivity contribution in [3.63, 3.8) is 0 Å². The van der Waals surface area contributed by atoms with Crippen LogP contribution in [0.25, 0.3) is 0 Å². The average Bonchev–Trinajstić information content (AvgIpc) is 2.35. The first kappa shape index (κ1) is 11.5. The first-order valence-electron chi connectivity index (χ1n) is 5.72. The fourth-order valence-corrected chi connectivity index (χ4v) is 1.78. The van der Waals surface area contributed by atoms with E-state index in [2.05, 4.69) is 6.07 Å². The number of aromatic nitrogens is 1. The second-order valence-electron chi connectivity index (χ2n) is 4.26. The van der Waals surface area contributed by atoms with E-state index in [1.54, 1.807) is 0 Å². The molecule has 0 aliphatic rings. The average molecular weight is 226 g/mol. The van der Waals surface area contributed by atoms with Crippen LogP contribution in [0.2, 0.25) is 0 Å². The molecule has 0 amide bonds. The third-order valence-electron chi connectivity index (χ3n) is 2.81. The minimum atomic E-state index is 0.143. The number of nitrogens with zero attached hydrogens (tertiary/aromatic N) is 1. The van der Waals surface area contributed by atoms with E-state index in [1.807, 2.05) is 61.0 Å². The first-order chi connectivity index (χ1) is 8.16. The van der Waals surface area contributed by atoms with Crippen molar-refractivity contribution in [1.29, 1.82) is 0 Å². The summed E-state index contributed by atoms with van der Waals surface area (Å²) in [6.45, 7) is 4.44. The van der Waals surface area contributed by atoms with Gasteiger partial charge in [0.1, 0.15) is 0 Å². The molecule has 0 saturated carbocycles. The Labute approximate surface area is 102 Å². The van der Waals surface area contributed by atoms with Crippen molar-refractivity contribution in [2.24, 2.45) is 0 Å². The normalized spacial score (nSPS) is 10.2. The Kier molecular flexibility index (Phi) is 3.33. The zero-order valence-corrected chi connectivity index (χ0v) is 10.2. The van der Waals surface area contributed by atoms with Gasteiger partial charge < -0.3 is 0 Å². The number of rotatable bonds is 3. The topological polar surface area (TPSA) is 20.9 Å². The van der Waals surface area contributed by atoms with Crippen LogP contribution in [0, 0.1) is 13.8 Å². The number of pyridine rings is 1.